The Bertz CT molecular complexity index is 43.8. The molecule has 0 rings (SSSR count). The monoisotopic (exact) mass is 116 g/mol. The van der Waals surface area contributed by atoms with Crippen LogP contribution in [0, 0.1) is 5.92 Å². The molecule has 0 heterocycles. The van der Waals surface area contributed by atoms with Crippen LogP contribution in [0.2, 0.25) is 0 Å². The van der Waals surface area contributed by atoms with Crippen molar-refractivity contribution in [2.24, 2.45) is 5.92 Å². The van der Waals surface area contributed by atoms with E-state index in [1.807, 2.05) is 0 Å². The summed E-state index contributed by atoms with van der Waals surface area (Å²) in [4.78, 5) is 0. The van der Waals surface area contributed by atoms with Crippen molar-refractivity contribution in [3.05, 3.63) is 0 Å². The fraction of sp³-hybridized carbons (Fsp3) is 1.00. The molecule has 0 bridgehead atoms. The largest absolute Gasteiger partial charge is 0.258 e. The van der Waals surface area contributed by atoms with Gasteiger partial charge in [0.15, 0.2) is 0 Å². The number of hydrazine groups is 1. The van der Waals surface area contributed by atoms with E-state index in [2.05, 4.69) is 31.6 Å². The molecular formula is C6H16N2. The van der Waals surface area contributed by atoms with Crippen molar-refractivity contribution in [1.29, 1.82) is 0 Å². The van der Waals surface area contributed by atoms with E-state index in [9.17, 15) is 0 Å². The second-order valence-corrected chi connectivity index (χ2v) is 2.31. The number of rotatable bonds is 4. The van der Waals surface area contributed by atoms with Crippen molar-refractivity contribution in [2.75, 3.05) is 13.1 Å². The summed E-state index contributed by atoms with van der Waals surface area (Å²) in [5.41, 5.74) is 6.11. The van der Waals surface area contributed by atoms with Crippen molar-refractivity contribution in [1.82, 2.24) is 10.9 Å². The topological polar surface area (TPSA) is 24.1 Å². The van der Waals surface area contributed by atoms with Gasteiger partial charge in [0.2, 0.25) is 0 Å². The Labute approximate surface area is 51.6 Å². The lowest BCUT2D eigenvalue weighted by atomic mass is 10.2. The van der Waals surface area contributed by atoms with Gasteiger partial charge in [0, 0.05) is 13.1 Å². The summed E-state index contributed by atoms with van der Waals surface area (Å²) in [5, 5.41) is 0. The molecule has 0 atom stereocenters. The smallest absolute Gasteiger partial charge is 0.0123 e. The summed E-state index contributed by atoms with van der Waals surface area (Å²) >= 11 is 0. The molecule has 0 aliphatic heterocycles. The van der Waals surface area contributed by atoms with E-state index < -0.39 is 0 Å². The Hall–Kier alpha value is -0.0800. The van der Waals surface area contributed by atoms with E-state index in [-0.39, 0.29) is 0 Å². The molecule has 0 aromatic carbocycles. The third kappa shape index (κ3) is 5.92. The van der Waals surface area contributed by atoms with E-state index >= 15 is 0 Å². The Morgan fingerprint density at radius 2 is 1.88 bits per heavy atom. The first kappa shape index (κ1) is 7.92. The maximum absolute atomic E-state index is 3.08. The van der Waals surface area contributed by atoms with Crippen LogP contribution < -0.4 is 10.9 Å². The molecular weight excluding hydrogens is 100 g/mol. The molecule has 0 unspecified atom stereocenters. The zero-order chi connectivity index (χ0) is 6.41. The average Bonchev–Trinajstić information content (AvgIpc) is 1.66. The van der Waals surface area contributed by atoms with Crippen molar-refractivity contribution < 1.29 is 0 Å². The molecule has 0 saturated carbocycles. The van der Waals surface area contributed by atoms with Gasteiger partial charge >= 0.3 is 0 Å². The van der Waals surface area contributed by atoms with Crippen LogP contribution >= 0.6 is 0 Å². The van der Waals surface area contributed by atoms with E-state index in [1.165, 1.54) is 0 Å². The maximum Gasteiger partial charge on any atom is 0.0123 e. The molecule has 0 fully saturated rings. The van der Waals surface area contributed by atoms with Crippen LogP contribution in [0.25, 0.3) is 0 Å². The Kier molecular flexibility index (Phi) is 5.01. The number of hydrogen-bond donors (Lipinski definition) is 2. The molecule has 2 heteroatoms. The molecule has 0 radical (unpaired) electrons. The van der Waals surface area contributed by atoms with Gasteiger partial charge in [0.05, 0.1) is 0 Å². The van der Waals surface area contributed by atoms with Crippen molar-refractivity contribution in [2.45, 2.75) is 20.8 Å². The minimum atomic E-state index is 0.731. The molecule has 0 aromatic rings. The third-order valence-electron chi connectivity index (χ3n) is 0.812. The summed E-state index contributed by atoms with van der Waals surface area (Å²) < 4.78 is 0. The summed E-state index contributed by atoms with van der Waals surface area (Å²) in [6, 6.07) is 0. The third-order valence-corrected chi connectivity index (χ3v) is 0.812. The van der Waals surface area contributed by atoms with Gasteiger partial charge in [0.25, 0.3) is 0 Å². The number of nitrogens with one attached hydrogen (secondary N) is 2. The molecule has 0 aliphatic rings. The quantitative estimate of drug-likeness (QED) is 0.418. The highest BCUT2D eigenvalue weighted by atomic mass is 15.3. The van der Waals surface area contributed by atoms with E-state index in [0.717, 1.165) is 19.0 Å². The Balaban J connectivity index is 2.72. The lowest BCUT2D eigenvalue weighted by Gasteiger charge is -2.05. The standard InChI is InChI=1S/C6H16N2/c1-4-7-8-5-6(2)3/h6-8H,4-5H2,1-3H3. The lowest BCUT2D eigenvalue weighted by Crippen LogP contribution is -2.34. The average molecular weight is 116 g/mol. The first-order chi connectivity index (χ1) is 3.77. The van der Waals surface area contributed by atoms with E-state index in [4.69, 9.17) is 0 Å². The fourth-order valence-electron chi connectivity index (χ4n) is 0.401. The molecule has 0 aliphatic carbocycles. The summed E-state index contributed by atoms with van der Waals surface area (Å²) in [7, 11) is 0. The highest BCUT2D eigenvalue weighted by molar-refractivity contribution is 4.44. The summed E-state index contributed by atoms with van der Waals surface area (Å²) in [5.74, 6) is 0.731. The van der Waals surface area contributed by atoms with Gasteiger partial charge in [-0.2, -0.15) is 0 Å². The van der Waals surface area contributed by atoms with Crippen LogP contribution in [0.4, 0.5) is 0 Å². The first-order valence-electron chi connectivity index (χ1n) is 3.23. The van der Waals surface area contributed by atoms with Crippen LogP contribution in [0.15, 0.2) is 0 Å². The normalized spacial score (nSPS) is 10.5. The zero-order valence-corrected chi connectivity index (χ0v) is 5.99. The summed E-state index contributed by atoms with van der Waals surface area (Å²) in [6.45, 7) is 8.49. The molecule has 50 valence electrons. The fourth-order valence-corrected chi connectivity index (χ4v) is 0.401. The van der Waals surface area contributed by atoms with Gasteiger partial charge in [0.1, 0.15) is 0 Å². The van der Waals surface area contributed by atoms with Crippen molar-refractivity contribution in [3.63, 3.8) is 0 Å². The lowest BCUT2D eigenvalue weighted by molar-refractivity contribution is 0.481. The van der Waals surface area contributed by atoms with Crippen LogP contribution in [0.5, 0.6) is 0 Å². The van der Waals surface area contributed by atoms with Crippen LogP contribution in [-0.4, -0.2) is 13.1 Å². The highest BCUT2D eigenvalue weighted by Gasteiger charge is 1.88. The van der Waals surface area contributed by atoms with Crippen LogP contribution in [0.3, 0.4) is 0 Å². The SMILES string of the molecule is CCNNCC(C)C. The van der Waals surface area contributed by atoms with E-state index in [1.54, 1.807) is 0 Å². The van der Waals surface area contributed by atoms with Crippen LogP contribution in [-0.2, 0) is 0 Å². The van der Waals surface area contributed by atoms with Gasteiger partial charge in [-0.1, -0.05) is 20.8 Å². The number of hydrogen-bond acceptors (Lipinski definition) is 2. The van der Waals surface area contributed by atoms with Gasteiger partial charge in [-0.05, 0) is 5.92 Å². The van der Waals surface area contributed by atoms with Gasteiger partial charge in [-0.3, -0.25) is 10.9 Å². The molecule has 0 spiro atoms. The zero-order valence-electron chi connectivity index (χ0n) is 5.99. The molecule has 0 amide bonds. The summed E-state index contributed by atoms with van der Waals surface area (Å²) in [6.07, 6.45) is 0. The molecule has 0 saturated heterocycles. The van der Waals surface area contributed by atoms with Gasteiger partial charge < -0.3 is 0 Å². The Morgan fingerprint density at radius 1 is 1.25 bits per heavy atom. The second kappa shape index (κ2) is 5.06. The minimum absolute atomic E-state index is 0.731. The van der Waals surface area contributed by atoms with E-state index in [0.29, 0.717) is 0 Å². The minimum Gasteiger partial charge on any atom is -0.258 e. The van der Waals surface area contributed by atoms with Crippen molar-refractivity contribution in [3.8, 4) is 0 Å². The van der Waals surface area contributed by atoms with Crippen LogP contribution in [0.1, 0.15) is 20.8 Å². The first-order valence-corrected chi connectivity index (χ1v) is 3.23. The predicted molar refractivity (Wildman–Crippen MR) is 36.5 cm³/mol. The molecule has 8 heavy (non-hydrogen) atoms. The maximum atomic E-state index is 3.08. The molecule has 0 aromatic heterocycles. The van der Waals surface area contributed by atoms with Crippen molar-refractivity contribution >= 4 is 0 Å². The Morgan fingerprint density at radius 3 is 2.25 bits per heavy atom. The highest BCUT2D eigenvalue weighted by Crippen LogP contribution is 1.84. The van der Waals surface area contributed by atoms with Gasteiger partial charge in [-0.15, -0.1) is 0 Å². The van der Waals surface area contributed by atoms with Gasteiger partial charge in [-0.25, -0.2) is 0 Å². The molecule has 2 nitrogen and oxygen atoms in total. The molecule has 2 N–H and O–H groups in total. The second-order valence-electron chi connectivity index (χ2n) is 2.31. The predicted octanol–water partition coefficient (Wildman–Crippen LogP) is 0.756.